The van der Waals surface area contributed by atoms with Crippen LogP contribution in [0.1, 0.15) is 36.8 Å². The third kappa shape index (κ3) is 2.52. The maximum Gasteiger partial charge on any atom is 0.0409 e. The van der Waals surface area contributed by atoms with Gasteiger partial charge >= 0.3 is 0 Å². The van der Waals surface area contributed by atoms with E-state index in [0.717, 1.165) is 11.4 Å². The van der Waals surface area contributed by atoms with Crippen molar-refractivity contribution in [2.24, 2.45) is 5.92 Å². The van der Waals surface area contributed by atoms with Crippen molar-refractivity contribution in [2.75, 3.05) is 0 Å². The van der Waals surface area contributed by atoms with Gasteiger partial charge in [0.25, 0.3) is 0 Å². The van der Waals surface area contributed by atoms with Crippen LogP contribution in [0.25, 0.3) is 0 Å². The summed E-state index contributed by atoms with van der Waals surface area (Å²) >= 11 is 9.71. The largest absolute Gasteiger partial charge is 0.0843 e. The van der Waals surface area contributed by atoms with Gasteiger partial charge in [0.1, 0.15) is 0 Å². The Hall–Kier alpha value is -0.270. The fraction of sp³-hybridized carbons (Fsp3) is 0.429. The van der Waals surface area contributed by atoms with E-state index in [1.807, 2.05) is 6.07 Å². The summed E-state index contributed by atoms with van der Waals surface area (Å²) in [4.78, 5) is 0. The lowest BCUT2D eigenvalue weighted by Gasteiger charge is -2.27. The molecule has 0 saturated carbocycles. The van der Waals surface area contributed by atoms with Crippen LogP contribution in [-0.4, -0.2) is 0 Å². The first-order valence-electron chi connectivity index (χ1n) is 5.70. The van der Waals surface area contributed by atoms with Crippen LogP contribution in [0.15, 0.2) is 28.8 Å². The zero-order valence-corrected chi connectivity index (χ0v) is 12.0. The Labute approximate surface area is 111 Å². The molecule has 0 bridgehead atoms. The minimum atomic E-state index is 0.502. The number of benzene rings is 1. The average Bonchev–Trinajstić information content (AvgIpc) is 2.25. The van der Waals surface area contributed by atoms with E-state index in [1.165, 1.54) is 22.0 Å². The summed E-state index contributed by atoms with van der Waals surface area (Å²) in [5.74, 6) is 1.19. The maximum atomic E-state index is 6.09. The van der Waals surface area contributed by atoms with Crippen molar-refractivity contribution in [3.63, 3.8) is 0 Å². The highest BCUT2D eigenvalue weighted by Crippen LogP contribution is 2.39. The van der Waals surface area contributed by atoms with Gasteiger partial charge < -0.3 is 0 Å². The Kier molecular flexibility index (Phi) is 3.76. The molecule has 1 aliphatic rings. The van der Waals surface area contributed by atoms with E-state index >= 15 is 0 Å². The number of allylic oxidation sites excluding steroid dienone is 2. The fourth-order valence-electron chi connectivity index (χ4n) is 2.35. The second-order valence-electron chi connectivity index (χ2n) is 4.66. The monoisotopic (exact) mass is 298 g/mol. The first-order valence-corrected chi connectivity index (χ1v) is 6.87. The van der Waals surface area contributed by atoms with Crippen LogP contribution >= 0.6 is 27.5 Å². The van der Waals surface area contributed by atoms with Gasteiger partial charge in [0, 0.05) is 10.9 Å². The predicted octanol–water partition coefficient (Wildman–Crippen LogP) is 5.44. The van der Waals surface area contributed by atoms with Crippen LogP contribution in [0, 0.1) is 12.8 Å². The number of rotatable bonds is 1. The molecule has 0 heterocycles. The summed E-state index contributed by atoms with van der Waals surface area (Å²) in [6.07, 6.45) is 4.75. The summed E-state index contributed by atoms with van der Waals surface area (Å²) in [5, 5.41) is 0.836. The molecule has 16 heavy (non-hydrogen) atoms. The van der Waals surface area contributed by atoms with Crippen LogP contribution in [0.3, 0.4) is 0 Å². The molecular weight excluding hydrogens is 284 g/mol. The molecule has 2 rings (SSSR count). The summed E-state index contributed by atoms with van der Waals surface area (Å²) in [7, 11) is 0. The van der Waals surface area contributed by atoms with Gasteiger partial charge in [-0.25, -0.2) is 0 Å². The van der Waals surface area contributed by atoms with E-state index in [4.69, 9.17) is 11.6 Å². The highest BCUT2D eigenvalue weighted by atomic mass is 79.9. The molecule has 0 radical (unpaired) electrons. The minimum absolute atomic E-state index is 0.502. The molecule has 0 aromatic heterocycles. The first kappa shape index (κ1) is 12.2. The smallest absolute Gasteiger partial charge is 0.0409 e. The van der Waals surface area contributed by atoms with Crippen molar-refractivity contribution in [1.29, 1.82) is 0 Å². The Balaban J connectivity index is 2.42. The van der Waals surface area contributed by atoms with E-state index in [1.54, 1.807) is 0 Å². The van der Waals surface area contributed by atoms with Crippen LogP contribution in [0.2, 0.25) is 5.02 Å². The van der Waals surface area contributed by atoms with Gasteiger partial charge in [-0.15, -0.1) is 0 Å². The molecule has 1 aromatic rings. The SMILES string of the molecule is Cc1ccc(Cl)cc1C1C=C(Br)CCC1C. The van der Waals surface area contributed by atoms with Crippen LogP contribution in [0.4, 0.5) is 0 Å². The van der Waals surface area contributed by atoms with Gasteiger partial charge in [0.2, 0.25) is 0 Å². The predicted molar refractivity (Wildman–Crippen MR) is 74.3 cm³/mol. The van der Waals surface area contributed by atoms with Crippen molar-refractivity contribution in [3.8, 4) is 0 Å². The number of hydrogen-bond acceptors (Lipinski definition) is 0. The summed E-state index contributed by atoms with van der Waals surface area (Å²) < 4.78 is 1.33. The fourth-order valence-corrected chi connectivity index (χ4v) is 3.05. The molecule has 0 amide bonds. The van der Waals surface area contributed by atoms with E-state index < -0.39 is 0 Å². The topological polar surface area (TPSA) is 0 Å². The van der Waals surface area contributed by atoms with Crippen LogP contribution in [0.5, 0.6) is 0 Å². The van der Waals surface area contributed by atoms with Gasteiger partial charge in [0.15, 0.2) is 0 Å². The average molecular weight is 300 g/mol. The van der Waals surface area contributed by atoms with Crippen molar-refractivity contribution in [3.05, 3.63) is 44.9 Å². The number of halogens is 2. The molecule has 1 aromatic carbocycles. The molecule has 1 aliphatic carbocycles. The number of aryl methyl sites for hydroxylation is 1. The van der Waals surface area contributed by atoms with Crippen LogP contribution in [-0.2, 0) is 0 Å². The van der Waals surface area contributed by atoms with Crippen molar-refractivity contribution in [2.45, 2.75) is 32.6 Å². The van der Waals surface area contributed by atoms with E-state index in [2.05, 4.69) is 48.0 Å². The maximum absolute atomic E-state index is 6.09. The molecule has 2 unspecified atom stereocenters. The van der Waals surface area contributed by atoms with Crippen molar-refractivity contribution < 1.29 is 0 Å². The Bertz CT molecular complexity index is 423. The van der Waals surface area contributed by atoms with E-state index in [9.17, 15) is 0 Å². The lowest BCUT2D eigenvalue weighted by Crippen LogP contribution is -2.13. The Morgan fingerprint density at radius 1 is 1.38 bits per heavy atom. The lowest BCUT2D eigenvalue weighted by atomic mass is 9.79. The van der Waals surface area contributed by atoms with Gasteiger partial charge in [-0.2, -0.15) is 0 Å². The highest BCUT2D eigenvalue weighted by molar-refractivity contribution is 9.11. The van der Waals surface area contributed by atoms with Gasteiger partial charge in [-0.05, 0) is 53.4 Å². The number of hydrogen-bond donors (Lipinski definition) is 0. The molecule has 0 N–H and O–H groups in total. The summed E-state index contributed by atoms with van der Waals surface area (Å²) in [5.41, 5.74) is 2.70. The molecule has 2 atom stereocenters. The zero-order chi connectivity index (χ0) is 11.7. The molecular formula is C14H16BrCl. The highest BCUT2D eigenvalue weighted by Gasteiger charge is 2.23. The van der Waals surface area contributed by atoms with Crippen molar-refractivity contribution in [1.82, 2.24) is 0 Å². The minimum Gasteiger partial charge on any atom is -0.0843 e. The molecule has 2 heteroatoms. The van der Waals surface area contributed by atoms with Gasteiger partial charge in [-0.1, -0.05) is 46.6 Å². The van der Waals surface area contributed by atoms with Crippen LogP contribution < -0.4 is 0 Å². The lowest BCUT2D eigenvalue weighted by molar-refractivity contribution is 0.465. The third-order valence-electron chi connectivity index (χ3n) is 3.41. The second-order valence-corrected chi connectivity index (χ2v) is 6.11. The normalized spacial score (nSPS) is 25.4. The molecule has 0 fully saturated rings. The summed E-state index contributed by atoms with van der Waals surface area (Å²) in [6, 6.07) is 6.19. The van der Waals surface area contributed by atoms with E-state index in [-0.39, 0.29) is 0 Å². The van der Waals surface area contributed by atoms with E-state index in [0.29, 0.717) is 11.8 Å². The van der Waals surface area contributed by atoms with Gasteiger partial charge in [0.05, 0.1) is 0 Å². The molecule has 0 saturated heterocycles. The zero-order valence-electron chi connectivity index (χ0n) is 9.63. The quantitative estimate of drug-likeness (QED) is 0.647. The standard InChI is InChI=1S/C14H16BrCl/c1-9-3-5-11(15)7-13(9)14-8-12(16)6-4-10(14)2/h4,6-9,13H,3,5H2,1-2H3. The third-order valence-corrected chi connectivity index (χ3v) is 4.31. The summed E-state index contributed by atoms with van der Waals surface area (Å²) in [6.45, 7) is 4.48. The first-order chi connectivity index (χ1) is 7.58. The molecule has 0 nitrogen and oxygen atoms in total. The molecule has 0 spiro atoms. The van der Waals surface area contributed by atoms with Crippen molar-refractivity contribution >= 4 is 27.5 Å². The Morgan fingerprint density at radius 2 is 2.12 bits per heavy atom. The van der Waals surface area contributed by atoms with Gasteiger partial charge in [-0.3, -0.25) is 0 Å². The Morgan fingerprint density at radius 3 is 2.88 bits per heavy atom. The molecule has 86 valence electrons. The molecule has 0 aliphatic heterocycles. The second kappa shape index (κ2) is 4.93.